The quantitative estimate of drug-likeness (QED) is 0.698. The smallest absolute Gasteiger partial charge is 0.418 e. The fourth-order valence-corrected chi connectivity index (χ4v) is 1.89. The van der Waals surface area contributed by atoms with Gasteiger partial charge in [-0.2, -0.15) is 0 Å². The lowest BCUT2D eigenvalue weighted by Crippen LogP contribution is -1.87. The average molecular weight is 292 g/mol. The summed E-state index contributed by atoms with van der Waals surface area (Å²) in [6.45, 7) is 4.36. The van der Waals surface area contributed by atoms with Crippen molar-refractivity contribution in [2.75, 3.05) is 0 Å². The molecule has 3 nitrogen and oxygen atoms in total. The van der Waals surface area contributed by atoms with E-state index in [1.54, 1.807) is 24.3 Å². The van der Waals surface area contributed by atoms with Gasteiger partial charge < -0.3 is 9.05 Å². The standard InChI is InChI=1S/C12H11O3P.C4H10/c13-16(14-11-7-3-1-4-8-11)15-12-9-5-2-6-10-12;1-3-4-2/h1-10,16H;3-4H2,1-2H3. The van der Waals surface area contributed by atoms with E-state index in [0.29, 0.717) is 11.5 Å². The van der Waals surface area contributed by atoms with Crippen molar-refractivity contribution in [1.82, 2.24) is 0 Å². The molecule has 0 aliphatic carbocycles. The lowest BCUT2D eigenvalue weighted by atomic mass is 10.3. The minimum absolute atomic E-state index is 0.544. The molecule has 2 aromatic carbocycles. The van der Waals surface area contributed by atoms with Crippen LogP contribution in [0, 0.1) is 0 Å². The summed E-state index contributed by atoms with van der Waals surface area (Å²) in [4.78, 5) is 0. The van der Waals surface area contributed by atoms with Gasteiger partial charge in [0.25, 0.3) is 0 Å². The van der Waals surface area contributed by atoms with Gasteiger partial charge in [-0.15, -0.1) is 0 Å². The maximum atomic E-state index is 11.5. The predicted molar refractivity (Wildman–Crippen MR) is 83.7 cm³/mol. The van der Waals surface area contributed by atoms with E-state index in [9.17, 15) is 4.57 Å². The summed E-state index contributed by atoms with van der Waals surface area (Å²) in [6, 6.07) is 17.9. The zero-order chi connectivity index (χ0) is 14.6. The van der Waals surface area contributed by atoms with Crippen LogP contribution in [-0.4, -0.2) is 0 Å². The Labute approximate surface area is 121 Å². The highest BCUT2D eigenvalue weighted by Gasteiger charge is 2.02. The molecule has 0 saturated carbocycles. The van der Waals surface area contributed by atoms with Crippen LogP contribution in [-0.2, 0) is 4.57 Å². The molecule has 0 atom stereocenters. The van der Waals surface area contributed by atoms with Gasteiger partial charge in [0.05, 0.1) is 0 Å². The van der Waals surface area contributed by atoms with Gasteiger partial charge in [-0.25, -0.2) is 4.57 Å². The largest absolute Gasteiger partial charge is 0.418 e. The first-order valence-electron chi connectivity index (χ1n) is 6.76. The van der Waals surface area contributed by atoms with Crippen molar-refractivity contribution in [1.29, 1.82) is 0 Å². The van der Waals surface area contributed by atoms with Crippen LogP contribution in [0.2, 0.25) is 0 Å². The van der Waals surface area contributed by atoms with Gasteiger partial charge in [-0.05, 0) is 24.3 Å². The van der Waals surface area contributed by atoms with Crippen LogP contribution < -0.4 is 9.05 Å². The summed E-state index contributed by atoms with van der Waals surface area (Å²) in [5, 5.41) is 0. The first-order valence-corrected chi connectivity index (χ1v) is 7.98. The molecule has 4 heteroatoms. The topological polar surface area (TPSA) is 35.5 Å². The first-order chi connectivity index (χ1) is 9.76. The highest BCUT2D eigenvalue weighted by Crippen LogP contribution is 2.29. The molecule has 0 spiro atoms. The summed E-state index contributed by atoms with van der Waals surface area (Å²) >= 11 is 0. The second-order valence-corrected chi connectivity index (χ2v) is 4.99. The van der Waals surface area contributed by atoms with Gasteiger partial charge in [0.1, 0.15) is 11.5 Å². The summed E-state index contributed by atoms with van der Waals surface area (Å²) in [6.07, 6.45) is 2.64. The van der Waals surface area contributed by atoms with Crippen LogP contribution in [0.3, 0.4) is 0 Å². The number of unbranched alkanes of at least 4 members (excludes halogenated alkanes) is 1. The molecule has 0 heterocycles. The normalized spacial score (nSPS) is 9.55. The van der Waals surface area contributed by atoms with E-state index in [-0.39, 0.29) is 0 Å². The Morgan fingerprint density at radius 1 is 0.750 bits per heavy atom. The fourth-order valence-electron chi connectivity index (χ4n) is 1.19. The van der Waals surface area contributed by atoms with Crippen molar-refractivity contribution >= 4 is 8.25 Å². The molecule has 0 saturated heterocycles. The van der Waals surface area contributed by atoms with Gasteiger partial charge in [0.15, 0.2) is 0 Å². The fraction of sp³-hybridized carbons (Fsp3) is 0.250. The van der Waals surface area contributed by atoms with E-state index < -0.39 is 8.25 Å². The molecule has 0 unspecified atom stereocenters. The van der Waals surface area contributed by atoms with E-state index >= 15 is 0 Å². The second-order valence-electron chi connectivity index (χ2n) is 4.08. The predicted octanol–water partition coefficient (Wildman–Crippen LogP) is 5.34. The van der Waals surface area contributed by atoms with Crippen LogP contribution in [0.5, 0.6) is 11.5 Å². The van der Waals surface area contributed by atoms with Crippen LogP contribution in [0.15, 0.2) is 60.7 Å². The zero-order valence-electron chi connectivity index (χ0n) is 11.9. The Kier molecular flexibility index (Phi) is 8.25. The maximum absolute atomic E-state index is 11.5. The third-order valence-electron chi connectivity index (χ3n) is 2.39. The molecule has 0 aromatic heterocycles. The maximum Gasteiger partial charge on any atom is 0.418 e. The second kappa shape index (κ2) is 10.1. The Morgan fingerprint density at radius 2 is 1.10 bits per heavy atom. The van der Waals surface area contributed by atoms with Crippen LogP contribution in [0.4, 0.5) is 0 Å². The monoisotopic (exact) mass is 292 g/mol. The molecule has 20 heavy (non-hydrogen) atoms. The number of benzene rings is 2. The average Bonchev–Trinajstić information content (AvgIpc) is 2.49. The van der Waals surface area contributed by atoms with Gasteiger partial charge in [0.2, 0.25) is 0 Å². The molecule has 0 aliphatic heterocycles. The lowest BCUT2D eigenvalue weighted by molar-refractivity contribution is 0.415. The van der Waals surface area contributed by atoms with E-state index in [0.717, 1.165) is 0 Å². The Morgan fingerprint density at radius 3 is 1.40 bits per heavy atom. The molecular weight excluding hydrogens is 271 g/mol. The Bertz CT molecular complexity index is 440. The van der Waals surface area contributed by atoms with Crippen LogP contribution >= 0.6 is 8.25 Å². The SMILES string of the molecule is CCCC.O=[PH](Oc1ccccc1)Oc1ccccc1. The molecule has 0 aliphatic rings. The molecule has 0 amide bonds. The molecule has 2 rings (SSSR count). The van der Waals surface area contributed by atoms with E-state index in [1.165, 1.54) is 12.8 Å². The third kappa shape index (κ3) is 7.01. The van der Waals surface area contributed by atoms with E-state index in [2.05, 4.69) is 13.8 Å². The first kappa shape index (κ1) is 16.3. The van der Waals surface area contributed by atoms with Gasteiger partial charge in [-0.1, -0.05) is 63.1 Å². The van der Waals surface area contributed by atoms with Gasteiger partial charge in [0, 0.05) is 0 Å². The highest BCUT2D eigenvalue weighted by molar-refractivity contribution is 7.34. The minimum atomic E-state index is -2.54. The molecule has 0 N–H and O–H groups in total. The molecule has 2 aromatic rings. The lowest BCUT2D eigenvalue weighted by Gasteiger charge is -2.07. The number of para-hydroxylation sites is 2. The van der Waals surface area contributed by atoms with Gasteiger partial charge >= 0.3 is 8.25 Å². The van der Waals surface area contributed by atoms with E-state index in [4.69, 9.17) is 9.05 Å². The summed E-state index contributed by atoms with van der Waals surface area (Å²) < 4.78 is 21.8. The molecular formula is C16H21O3P. The number of hydrogen-bond acceptors (Lipinski definition) is 3. The van der Waals surface area contributed by atoms with Crippen molar-refractivity contribution < 1.29 is 13.6 Å². The Balaban J connectivity index is 0.000000444. The third-order valence-corrected chi connectivity index (χ3v) is 3.19. The van der Waals surface area contributed by atoms with Crippen molar-refractivity contribution in [3.63, 3.8) is 0 Å². The molecule has 108 valence electrons. The molecule has 0 fully saturated rings. The van der Waals surface area contributed by atoms with Gasteiger partial charge in [-0.3, -0.25) is 0 Å². The van der Waals surface area contributed by atoms with E-state index in [1.807, 2.05) is 36.4 Å². The summed E-state index contributed by atoms with van der Waals surface area (Å²) in [5.74, 6) is 1.09. The minimum Gasteiger partial charge on any atom is -0.418 e. The number of rotatable bonds is 5. The summed E-state index contributed by atoms with van der Waals surface area (Å²) in [7, 11) is -2.54. The van der Waals surface area contributed by atoms with Crippen LogP contribution in [0.25, 0.3) is 0 Å². The van der Waals surface area contributed by atoms with Crippen LogP contribution in [0.1, 0.15) is 26.7 Å². The molecule has 0 bridgehead atoms. The summed E-state index contributed by atoms with van der Waals surface area (Å²) in [5.41, 5.74) is 0. The van der Waals surface area contributed by atoms with Crippen molar-refractivity contribution in [2.24, 2.45) is 0 Å². The Hall–Kier alpha value is -1.73. The molecule has 0 radical (unpaired) electrons. The highest BCUT2D eigenvalue weighted by atomic mass is 31.1. The number of hydrogen-bond donors (Lipinski definition) is 0. The van der Waals surface area contributed by atoms with Crippen molar-refractivity contribution in [2.45, 2.75) is 26.7 Å². The van der Waals surface area contributed by atoms with Crippen molar-refractivity contribution in [3.8, 4) is 11.5 Å². The zero-order valence-corrected chi connectivity index (χ0v) is 12.9. The van der Waals surface area contributed by atoms with Crippen molar-refractivity contribution in [3.05, 3.63) is 60.7 Å².